The van der Waals surface area contributed by atoms with Crippen LogP contribution in [0.4, 0.5) is 0 Å². The van der Waals surface area contributed by atoms with E-state index in [2.05, 4.69) is 15.3 Å². The molecule has 0 atom stereocenters. The van der Waals surface area contributed by atoms with Gasteiger partial charge in [0.05, 0.1) is 16.3 Å². The maximum Gasteiger partial charge on any atom is 0.278 e. The maximum absolute atomic E-state index is 12.9. The van der Waals surface area contributed by atoms with Crippen LogP contribution < -0.4 is 5.56 Å². The summed E-state index contributed by atoms with van der Waals surface area (Å²) >= 11 is 1.29. The largest absolute Gasteiger partial charge is 0.278 e. The van der Waals surface area contributed by atoms with Crippen molar-refractivity contribution in [2.24, 2.45) is 0 Å². The molecule has 0 saturated heterocycles. The number of thioether (sulfide) groups is 1. The average Bonchev–Trinajstić information content (AvgIpc) is 2.79. The normalized spacial score (nSPS) is 15.7. The Balaban J connectivity index is 1.46. The quantitative estimate of drug-likeness (QED) is 0.538. The second-order valence-electron chi connectivity index (χ2n) is 7.33. The fourth-order valence-electron chi connectivity index (χ4n) is 3.65. The predicted octanol–water partition coefficient (Wildman–Crippen LogP) is 2.89. The van der Waals surface area contributed by atoms with E-state index in [9.17, 15) is 13.2 Å². The molecule has 0 amide bonds. The van der Waals surface area contributed by atoms with Crippen LogP contribution in [0.25, 0.3) is 10.9 Å². The van der Waals surface area contributed by atoms with Crippen LogP contribution in [0.15, 0.2) is 57.3 Å². The zero-order valence-electron chi connectivity index (χ0n) is 16.6. The Morgan fingerprint density at radius 2 is 1.90 bits per heavy atom. The summed E-state index contributed by atoms with van der Waals surface area (Å²) in [6.07, 6.45) is 6.48. The summed E-state index contributed by atoms with van der Waals surface area (Å²) in [5.74, 6) is 0.234. The van der Waals surface area contributed by atoms with Crippen LogP contribution >= 0.6 is 11.8 Å². The first-order valence-corrected chi connectivity index (χ1v) is 12.3. The summed E-state index contributed by atoms with van der Waals surface area (Å²) in [5, 5.41) is 9.13. The molecule has 3 aromatic rings. The second-order valence-corrected chi connectivity index (χ2v) is 10.3. The Morgan fingerprint density at radius 1 is 1.13 bits per heavy atom. The first-order chi connectivity index (χ1) is 14.5. The minimum absolute atomic E-state index is 0.0520. The van der Waals surface area contributed by atoms with Crippen LogP contribution in [0.3, 0.4) is 0 Å². The standard InChI is InChI=1S/C20H23N5O3S2/c1-24(15-7-3-2-4-8-15)30(27,28)16-11-12-19(21-13-16)29-14-25-20(26)17-9-5-6-10-18(17)22-23-25/h5-6,9-13,15H,2-4,7-8,14H2,1H3. The molecule has 30 heavy (non-hydrogen) atoms. The summed E-state index contributed by atoms with van der Waals surface area (Å²) in [4.78, 5) is 17.0. The van der Waals surface area contributed by atoms with Gasteiger partial charge < -0.3 is 0 Å². The number of pyridine rings is 1. The number of sulfonamides is 1. The van der Waals surface area contributed by atoms with Gasteiger partial charge in [-0.25, -0.2) is 13.4 Å². The number of fused-ring (bicyclic) bond motifs is 1. The molecule has 0 bridgehead atoms. The van der Waals surface area contributed by atoms with Crippen molar-refractivity contribution >= 4 is 32.7 Å². The van der Waals surface area contributed by atoms with Gasteiger partial charge in [-0.3, -0.25) is 4.79 Å². The van der Waals surface area contributed by atoms with Gasteiger partial charge in [-0.05, 0) is 37.1 Å². The second kappa shape index (κ2) is 8.83. The molecule has 2 aromatic heterocycles. The van der Waals surface area contributed by atoms with E-state index in [0.717, 1.165) is 25.7 Å². The molecule has 1 aliphatic carbocycles. The third-order valence-corrected chi connectivity index (χ3v) is 8.24. The first kappa shape index (κ1) is 21.0. The van der Waals surface area contributed by atoms with E-state index in [-0.39, 0.29) is 22.4 Å². The molecular weight excluding hydrogens is 422 g/mol. The first-order valence-electron chi connectivity index (χ1n) is 9.86. The van der Waals surface area contributed by atoms with Crippen molar-refractivity contribution < 1.29 is 8.42 Å². The third kappa shape index (κ3) is 4.26. The van der Waals surface area contributed by atoms with E-state index in [1.54, 1.807) is 43.4 Å². The van der Waals surface area contributed by atoms with Crippen molar-refractivity contribution in [1.82, 2.24) is 24.3 Å². The fraction of sp³-hybridized carbons (Fsp3) is 0.400. The van der Waals surface area contributed by atoms with E-state index in [1.165, 1.54) is 33.4 Å². The van der Waals surface area contributed by atoms with Crippen LogP contribution in [0.1, 0.15) is 32.1 Å². The Bertz CT molecular complexity index is 1190. The molecule has 10 heteroatoms. The zero-order chi connectivity index (χ0) is 21.1. The van der Waals surface area contributed by atoms with Gasteiger partial charge in [0, 0.05) is 19.3 Å². The molecule has 1 aromatic carbocycles. The lowest BCUT2D eigenvalue weighted by molar-refractivity contribution is 0.285. The van der Waals surface area contributed by atoms with Crippen LogP contribution in [0.2, 0.25) is 0 Å². The number of benzene rings is 1. The molecule has 1 aliphatic rings. The lowest BCUT2D eigenvalue weighted by Gasteiger charge is -2.30. The highest BCUT2D eigenvalue weighted by atomic mass is 32.2. The van der Waals surface area contributed by atoms with Gasteiger partial charge in [-0.2, -0.15) is 8.99 Å². The van der Waals surface area contributed by atoms with E-state index in [1.807, 2.05) is 0 Å². The third-order valence-electron chi connectivity index (χ3n) is 5.44. The number of nitrogens with zero attached hydrogens (tertiary/aromatic N) is 5. The molecule has 0 aliphatic heterocycles. The molecule has 4 rings (SSSR count). The van der Waals surface area contributed by atoms with Crippen LogP contribution in [-0.2, 0) is 15.9 Å². The Hall–Kier alpha value is -2.30. The van der Waals surface area contributed by atoms with Gasteiger partial charge in [0.25, 0.3) is 5.56 Å². The topological polar surface area (TPSA) is 98.0 Å². The maximum atomic E-state index is 12.9. The van der Waals surface area contributed by atoms with Crippen molar-refractivity contribution in [3.05, 3.63) is 52.9 Å². The monoisotopic (exact) mass is 445 g/mol. The van der Waals surface area contributed by atoms with Gasteiger partial charge in [-0.15, -0.1) is 5.10 Å². The highest BCUT2D eigenvalue weighted by Gasteiger charge is 2.29. The molecule has 1 fully saturated rings. The average molecular weight is 446 g/mol. The summed E-state index contributed by atoms with van der Waals surface area (Å²) in [7, 11) is -1.92. The van der Waals surface area contributed by atoms with Crippen molar-refractivity contribution in [1.29, 1.82) is 0 Å². The Labute approximate surface area is 179 Å². The minimum atomic E-state index is -3.57. The molecule has 2 heterocycles. The van der Waals surface area contributed by atoms with Crippen LogP contribution in [0.5, 0.6) is 0 Å². The summed E-state index contributed by atoms with van der Waals surface area (Å²) in [6.45, 7) is 0. The van der Waals surface area contributed by atoms with Crippen molar-refractivity contribution in [3.63, 3.8) is 0 Å². The summed E-state index contributed by atoms with van der Waals surface area (Å²) in [5.41, 5.74) is 0.333. The summed E-state index contributed by atoms with van der Waals surface area (Å²) in [6, 6.07) is 10.3. The zero-order valence-corrected chi connectivity index (χ0v) is 18.3. The molecule has 1 saturated carbocycles. The molecule has 8 nitrogen and oxygen atoms in total. The highest BCUT2D eigenvalue weighted by Crippen LogP contribution is 2.27. The van der Waals surface area contributed by atoms with Crippen LogP contribution in [0, 0.1) is 0 Å². The van der Waals surface area contributed by atoms with E-state index in [0.29, 0.717) is 15.9 Å². The van der Waals surface area contributed by atoms with Gasteiger partial charge in [-0.1, -0.05) is 48.4 Å². The van der Waals surface area contributed by atoms with Gasteiger partial charge >= 0.3 is 0 Å². The number of hydrogen-bond donors (Lipinski definition) is 0. The molecule has 0 N–H and O–H groups in total. The lowest BCUT2D eigenvalue weighted by atomic mass is 9.96. The molecule has 0 unspecified atom stereocenters. The van der Waals surface area contributed by atoms with Crippen molar-refractivity contribution in [2.45, 2.75) is 53.9 Å². The number of rotatable bonds is 6. The van der Waals surface area contributed by atoms with Gasteiger partial charge in [0.2, 0.25) is 10.0 Å². The van der Waals surface area contributed by atoms with Crippen molar-refractivity contribution in [2.75, 3.05) is 7.05 Å². The van der Waals surface area contributed by atoms with Gasteiger partial charge in [0.15, 0.2) is 0 Å². The Morgan fingerprint density at radius 3 is 2.63 bits per heavy atom. The van der Waals surface area contributed by atoms with E-state index >= 15 is 0 Å². The number of aromatic nitrogens is 4. The van der Waals surface area contributed by atoms with E-state index < -0.39 is 10.0 Å². The Kier molecular flexibility index (Phi) is 6.16. The number of hydrogen-bond acceptors (Lipinski definition) is 7. The molecule has 0 spiro atoms. The molecular formula is C20H23N5O3S2. The minimum Gasteiger partial charge on any atom is -0.267 e. The van der Waals surface area contributed by atoms with Crippen molar-refractivity contribution in [3.8, 4) is 0 Å². The summed E-state index contributed by atoms with van der Waals surface area (Å²) < 4.78 is 28.6. The predicted molar refractivity (Wildman–Crippen MR) is 116 cm³/mol. The van der Waals surface area contributed by atoms with Crippen LogP contribution in [-0.4, -0.2) is 45.8 Å². The highest BCUT2D eigenvalue weighted by molar-refractivity contribution is 7.98. The SMILES string of the molecule is CN(C1CCCCC1)S(=O)(=O)c1ccc(SCn2nnc3ccccc3c2=O)nc1. The smallest absolute Gasteiger partial charge is 0.267 e. The fourth-order valence-corrected chi connectivity index (χ4v) is 5.72. The van der Waals surface area contributed by atoms with Gasteiger partial charge in [0.1, 0.15) is 10.4 Å². The molecule has 158 valence electrons. The molecule has 0 radical (unpaired) electrons. The van der Waals surface area contributed by atoms with E-state index in [4.69, 9.17) is 0 Å². The lowest BCUT2D eigenvalue weighted by Crippen LogP contribution is -2.38.